The van der Waals surface area contributed by atoms with Gasteiger partial charge in [-0.3, -0.25) is 9.59 Å². The average molecular weight is 326 g/mol. The Kier molecular flexibility index (Phi) is 3.82. The van der Waals surface area contributed by atoms with E-state index in [0.29, 0.717) is 11.3 Å². The lowest BCUT2D eigenvalue weighted by molar-refractivity contribution is -0.119. The molecular weight excluding hydrogens is 310 g/mol. The summed E-state index contributed by atoms with van der Waals surface area (Å²) in [6.07, 6.45) is 0. The normalized spacial score (nSPS) is 14.9. The van der Waals surface area contributed by atoms with Gasteiger partial charge in [0.05, 0.1) is 11.3 Å². The summed E-state index contributed by atoms with van der Waals surface area (Å²) in [5.41, 5.74) is 4.50. The van der Waals surface area contributed by atoms with Crippen LogP contribution in [0.4, 0.5) is 5.69 Å². The van der Waals surface area contributed by atoms with Crippen LogP contribution in [0.25, 0.3) is 5.57 Å². The van der Waals surface area contributed by atoms with E-state index in [2.05, 4.69) is 0 Å². The van der Waals surface area contributed by atoms with Gasteiger partial charge in [0.1, 0.15) is 5.03 Å². The molecule has 2 amide bonds. The first-order valence-corrected chi connectivity index (χ1v) is 7.71. The quantitative estimate of drug-likeness (QED) is 0.778. The molecule has 0 saturated carbocycles. The molecule has 0 saturated heterocycles. The third kappa shape index (κ3) is 2.57. The molecule has 0 unspecified atom stereocenters. The molecule has 116 valence electrons. The van der Waals surface area contributed by atoms with E-state index in [1.54, 1.807) is 12.1 Å². The Hall–Kier alpha value is -2.39. The monoisotopic (exact) mass is 325 g/mol. The van der Waals surface area contributed by atoms with Crippen molar-refractivity contribution in [2.45, 2.75) is 20.8 Å². The van der Waals surface area contributed by atoms with Crippen LogP contribution in [0.15, 0.2) is 47.5 Å². The van der Waals surface area contributed by atoms with Crippen LogP contribution >= 0.6 is 11.6 Å². The van der Waals surface area contributed by atoms with Gasteiger partial charge in [-0.2, -0.15) is 0 Å². The Morgan fingerprint density at radius 3 is 2.22 bits per heavy atom. The molecule has 0 bridgehead atoms. The number of hydrogen-bond acceptors (Lipinski definition) is 2. The minimum Gasteiger partial charge on any atom is -0.268 e. The molecule has 0 atom stereocenters. The van der Waals surface area contributed by atoms with E-state index < -0.39 is 5.91 Å². The van der Waals surface area contributed by atoms with Gasteiger partial charge in [-0.05, 0) is 49.6 Å². The molecular formula is C19H16ClNO2. The number of aryl methyl sites for hydroxylation is 3. The first-order valence-electron chi connectivity index (χ1n) is 7.33. The van der Waals surface area contributed by atoms with Gasteiger partial charge >= 0.3 is 0 Å². The second kappa shape index (κ2) is 5.67. The molecule has 23 heavy (non-hydrogen) atoms. The van der Waals surface area contributed by atoms with Gasteiger partial charge in [0, 0.05) is 0 Å². The van der Waals surface area contributed by atoms with Gasteiger partial charge in [0.25, 0.3) is 11.8 Å². The largest absolute Gasteiger partial charge is 0.277 e. The number of rotatable bonds is 2. The summed E-state index contributed by atoms with van der Waals surface area (Å²) in [6, 6.07) is 13.0. The molecule has 4 heteroatoms. The highest BCUT2D eigenvalue weighted by molar-refractivity contribution is 6.60. The zero-order chi connectivity index (χ0) is 16.7. The molecule has 1 aliphatic rings. The zero-order valence-corrected chi connectivity index (χ0v) is 13.9. The lowest BCUT2D eigenvalue weighted by Gasteiger charge is -2.16. The van der Waals surface area contributed by atoms with E-state index in [0.717, 1.165) is 21.6 Å². The molecule has 3 nitrogen and oxygen atoms in total. The molecule has 0 radical (unpaired) electrons. The van der Waals surface area contributed by atoms with Crippen molar-refractivity contribution in [3.05, 3.63) is 69.8 Å². The number of nitrogens with zero attached hydrogens (tertiary/aromatic N) is 1. The van der Waals surface area contributed by atoms with Crippen molar-refractivity contribution >= 4 is 34.7 Å². The Morgan fingerprint density at radius 2 is 1.57 bits per heavy atom. The van der Waals surface area contributed by atoms with Gasteiger partial charge in [0.2, 0.25) is 0 Å². The minimum atomic E-state index is -0.475. The Morgan fingerprint density at radius 1 is 0.870 bits per heavy atom. The van der Waals surface area contributed by atoms with Crippen molar-refractivity contribution in [1.29, 1.82) is 0 Å². The molecule has 1 heterocycles. The van der Waals surface area contributed by atoms with Crippen LogP contribution < -0.4 is 4.90 Å². The number of benzene rings is 2. The maximum atomic E-state index is 12.8. The van der Waals surface area contributed by atoms with Crippen molar-refractivity contribution in [3.8, 4) is 0 Å². The molecule has 2 aromatic rings. The van der Waals surface area contributed by atoms with Crippen molar-refractivity contribution < 1.29 is 9.59 Å². The van der Waals surface area contributed by atoms with E-state index in [1.165, 1.54) is 0 Å². The van der Waals surface area contributed by atoms with Crippen molar-refractivity contribution in [1.82, 2.24) is 0 Å². The van der Waals surface area contributed by atoms with Gasteiger partial charge < -0.3 is 0 Å². The van der Waals surface area contributed by atoms with E-state index in [4.69, 9.17) is 11.6 Å². The van der Waals surface area contributed by atoms with Crippen LogP contribution in [0.5, 0.6) is 0 Å². The second-order valence-electron chi connectivity index (χ2n) is 5.79. The highest BCUT2D eigenvalue weighted by atomic mass is 35.5. The number of amides is 2. The minimum absolute atomic E-state index is 0.0246. The predicted molar refractivity (Wildman–Crippen MR) is 92.4 cm³/mol. The van der Waals surface area contributed by atoms with Crippen LogP contribution in [0.2, 0.25) is 0 Å². The van der Waals surface area contributed by atoms with Crippen molar-refractivity contribution in [2.75, 3.05) is 4.90 Å². The third-order valence-electron chi connectivity index (χ3n) is 3.94. The summed E-state index contributed by atoms with van der Waals surface area (Å²) in [5, 5.41) is -0.0246. The van der Waals surface area contributed by atoms with Crippen molar-refractivity contribution in [2.24, 2.45) is 0 Å². The molecule has 2 aromatic carbocycles. The van der Waals surface area contributed by atoms with Crippen LogP contribution in [0.1, 0.15) is 22.3 Å². The number of anilines is 1. The van der Waals surface area contributed by atoms with E-state index in [9.17, 15) is 9.59 Å². The van der Waals surface area contributed by atoms with E-state index in [-0.39, 0.29) is 16.5 Å². The lowest BCUT2D eigenvalue weighted by atomic mass is 9.99. The van der Waals surface area contributed by atoms with Gasteiger partial charge in [-0.25, -0.2) is 4.90 Å². The SMILES string of the molecule is Cc1cccc(N2C(=O)C(Cl)=C(c3ccc(C)cc3C)C2=O)c1. The fourth-order valence-corrected chi connectivity index (χ4v) is 3.10. The van der Waals surface area contributed by atoms with Crippen molar-refractivity contribution in [3.63, 3.8) is 0 Å². The fraction of sp³-hybridized carbons (Fsp3) is 0.158. The lowest BCUT2D eigenvalue weighted by Crippen LogP contribution is -2.31. The van der Waals surface area contributed by atoms with Crippen LogP contribution in [0, 0.1) is 20.8 Å². The third-order valence-corrected chi connectivity index (χ3v) is 4.29. The Bertz CT molecular complexity index is 867. The van der Waals surface area contributed by atoms with Gasteiger partial charge in [0.15, 0.2) is 0 Å². The molecule has 3 rings (SSSR count). The molecule has 0 aromatic heterocycles. The smallest absolute Gasteiger partial charge is 0.268 e. The average Bonchev–Trinajstić information content (AvgIpc) is 2.70. The number of halogens is 1. The van der Waals surface area contributed by atoms with E-state index >= 15 is 0 Å². The fourth-order valence-electron chi connectivity index (χ4n) is 2.83. The summed E-state index contributed by atoms with van der Waals surface area (Å²) < 4.78 is 0. The number of imide groups is 1. The molecule has 0 N–H and O–H groups in total. The first kappa shape index (κ1) is 15.5. The summed E-state index contributed by atoms with van der Waals surface area (Å²) in [7, 11) is 0. The number of hydrogen-bond donors (Lipinski definition) is 0. The topological polar surface area (TPSA) is 37.4 Å². The molecule has 0 aliphatic carbocycles. The van der Waals surface area contributed by atoms with Crippen LogP contribution in [-0.4, -0.2) is 11.8 Å². The maximum absolute atomic E-state index is 12.8. The van der Waals surface area contributed by atoms with Crippen LogP contribution in [0.3, 0.4) is 0 Å². The summed E-state index contributed by atoms with van der Waals surface area (Å²) in [6.45, 7) is 5.80. The highest BCUT2D eigenvalue weighted by Crippen LogP contribution is 2.36. The number of carbonyl (C=O) groups is 2. The highest BCUT2D eigenvalue weighted by Gasteiger charge is 2.39. The molecule has 0 spiro atoms. The Balaban J connectivity index is 2.10. The standard InChI is InChI=1S/C19H16ClNO2/c1-11-5-4-6-14(10-11)21-18(22)16(17(20)19(21)23)15-8-7-12(2)9-13(15)3/h4-10H,1-3H3. The Labute approximate surface area is 140 Å². The molecule has 0 fully saturated rings. The van der Waals surface area contributed by atoms with Gasteiger partial charge in [-0.1, -0.05) is 47.5 Å². The predicted octanol–water partition coefficient (Wildman–Crippen LogP) is 4.14. The molecule has 1 aliphatic heterocycles. The van der Waals surface area contributed by atoms with E-state index in [1.807, 2.05) is 51.1 Å². The second-order valence-corrected chi connectivity index (χ2v) is 6.17. The van der Waals surface area contributed by atoms with Gasteiger partial charge in [-0.15, -0.1) is 0 Å². The number of carbonyl (C=O) groups excluding carboxylic acids is 2. The zero-order valence-electron chi connectivity index (χ0n) is 13.2. The summed E-state index contributed by atoms with van der Waals surface area (Å²) in [5.74, 6) is -0.852. The summed E-state index contributed by atoms with van der Waals surface area (Å²) >= 11 is 6.22. The maximum Gasteiger partial charge on any atom is 0.277 e. The summed E-state index contributed by atoms with van der Waals surface area (Å²) in [4.78, 5) is 26.5. The first-order chi connectivity index (χ1) is 10.9. The van der Waals surface area contributed by atoms with Crippen LogP contribution in [-0.2, 0) is 9.59 Å².